The molecular formula is C26H38O5S. The molecule has 0 aliphatic carbocycles. The Morgan fingerprint density at radius 1 is 0.781 bits per heavy atom. The topological polar surface area (TPSA) is 83.8 Å². The molecule has 5 nitrogen and oxygen atoms in total. The molecule has 0 unspecified atom stereocenters. The van der Waals surface area contributed by atoms with Gasteiger partial charge in [-0.05, 0) is 31.0 Å². The van der Waals surface area contributed by atoms with Crippen molar-refractivity contribution >= 4 is 10.1 Å². The fourth-order valence-electron chi connectivity index (χ4n) is 3.86. The predicted octanol–water partition coefficient (Wildman–Crippen LogP) is 7.67. The van der Waals surface area contributed by atoms with Crippen molar-refractivity contribution in [3.8, 4) is 17.2 Å². The Kier molecular flexibility index (Phi) is 11.6. The fraction of sp³-hybridized carbons (Fsp3) is 0.538. The summed E-state index contributed by atoms with van der Waals surface area (Å²) in [6.07, 6.45) is 15.4. The van der Waals surface area contributed by atoms with Gasteiger partial charge in [-0.25, -0.2) is 0 Å². The Morgan fingerprint density at radius 3 is 1.84 bits per heavy atom. The van der Waals surface area contributed by atoms with Crippen LogP contribution in [0.2, 0.25) is 0 Å². The van der Waals surface area contributed by atoms with Crippen LogP contribution in [-0.4, -0.2) is 18.1 Å². The van der Waals surface area contributed by atoms with Crippen LogP contribution in [0.25, 0.3) is 0 Å². The third kappa shape index (κ3) is 9.61. The highest BCUT2D eigenvalue weighted by Crippen LogP contribution is 2.37. The van der Waals surface area contributed by atoms with Crippen LogP contribution in [-0.2, 0) is 16.5 Å². The molecule has 0 amide bonds. The van der Waals surface area contributed by atoms with E-state index in [4.69, 9.17) is 4.74 Å². The van der Waals surface area contributed by atoms with Gasteiger partial charge in [-0.1, -0.05) is 95.8 Å². The van der Waals surface area contributed by atoms with Crippen molar-refractivity contribution in [2.24, 2.45) is 0 Å². The van der Waals surface area contributed by atoms with Crippen LogP contribution in [0.1, 0.15) is 89.5 Å². The second-order valence-corrected chi connectivity index (χ2v) is 9.88. The molecule has 32 heavy (non-hydrogen) atoms. The number of phenolic OH excluding ortho intramolecular Hbond substituents is 1. The SMILES string of the molecule is CCCCCCCCCCCCCCc1cc(S(=O)(=O)O)cc(O)c1Oc1ccccc1. The molecule has 2 aromatic rings. The minimum absolute atomic E-state index is 0.242. The first-order valence-electron chi connectivity index (χ1n) is 12.0. The van der Waals surface area contributed by atoms with Gasteiger partial charge in [-0.15, -0.1) is 0 Å². The molecule has 6 heteroatoms. The van der Waals surface area contributed by atoms with Crippen LogP contribution >= 0.6 is 0 Å². The first kappa shape index (κ1) is 26.2. The zero-order valence-electron chi connectivity index (χ0n) is 19.3. The summed E-state index contributed by atoms with van der Waals surface area (Å²) in [6, 6.07) is 11.5. The lowest BCUT2D eigenvalue weighted by molar-refractivity contribution is 0.404. The summed E-state index contributed by atoms with van der Waals surface area (Å²) < 4.78 is 38.4. The minimum Gasteiger partial charge on any atom is -0.504 e. The number of hydrogen-bond donors (Lipinski definition) is 2. The number of aromatic hydroxyl groups is 1. The second kappa shape index (κ2) is 14.2. The zero-order valence-corrected chi connectivity index (χ0v) is 20.1. The van der Waals surface area contributed by atoms with Crippen LogP contribution in [0.15, 0.2) is 47.4 Å². The van der Waals surface area contributed by atoms with Gasteiger partial charge in [0.2, 0.25) is 0 Å². The highest BCUT2D eigenvalue weighted by molar-refractivity contribution is 7.85. The van der Waals surface area contributed by atoms with E-state index in [9.17, 15) is 18.1 Å². The molecule has 0 saturated carbocycles. The van der Waals surface area contributed by atoms with Gasteiger partial charge in [0, 0.05) is 11.6 Å². The summed E-state index contributed by atoms with van der Waals surface area (Å²) in [4.78, 5) is -0.315. The van der Waals surface area contributed by atoms with E-state index in [2.05, 4.69) is 6.92 Å². The number of para-hydroxylation sites is 1. The summed E-state index contributed by atoms with van der Waals surface area (Å²) in [5, 5.41) is 10.4. The fourth-order valence-corrected chi connectivity index (χ4v) is 4.41. The van der Waals surface area contributed by atoms with Crippen molar-refractivity contribution in [2.45, 2.75) is 95.3 Å². The molecule has 0 aliphatic heterocycles. The van der Waals surface area contributed by atoms with Crippen LogP contribution in [0.3, 0.4) is 0 Å². The Labute approximate surface area is 193 Å². The van der Waals surface area contributed by atoms with Gasteiger partial charge >= 0.3 is 0 Å². The van der Waals surface area contributed by atoms with Gasteiger partial charge in [0.05, 0.1) is 4.90 Å². The van der Waals surface area contributed by atoms with Gasteiger partial charge in [-0.3, -0.25) is 4.55 Å². The molecule has 0 aromatic heterocycles. The largest absolute Gasteiger partial charge is 0.504 e. The normalized spacial score (nSPS) is 11.6. The summed E-state index contributed by atoms with van der Waals surface area (Å²) in [6.45, 7) is 2.24. The third-order valence-electron chi connectivity index (χ3n) is 5.68. The first-order chi connectivity index (χ1) is 15.4. The molecule has 0 aliphatic rings. The molecule has 0 atom stereocenters. The van der Waals surface area contributed by atoms with Gasteiger partial charge < -0.3 is 9.84 Å². The van der Waals surface area contributed by atoms with E-state index in [1.807, 2.05) is 18.2 Å². The van der Waals surface area contributed by atoms with E-state index in [-0.39, 0.29) is 16.4 Å². The molecule has 0 heterocycles. The maximum atomic E-state index is 11.6. The summed E-state index contributed by atoms with van der Waals surface area (Å²) in [5.74, 6) is 0.503. The van der Waals surface area contributed by atoms with E-state index >= 15 is 0 Å². The number of ether oxygens (including phenoxy) is 1. The summed E-state index contributed by atoms with van der Waals surface area (Å²) in [5.41, 5.74) is 0.577. The number of benzene rings is 2. The van der Waals surface area contributed by atoms with E-state index in [1.165, 1.54) is 63.9 Å². The van der Waals surface area contributed by atoms with Gasteiger partial charge in [0.25, 0.3) is 10.1 Å². The molecule has 0 bridgehead atoms. The maximum Gasteiger partial charge on any atom is 0.294 e. The molecular weight excluding hydrogens is 424 g/mol. The van der Waals surface area contributed by atoms with Crippen LogP contribution in [0, 0.1) is 0 Å². The van der Waals surface area contributed by atoms with Crippen molar-refractivity contribution in [1.82, 2.24) is 0 Å². The molecule has 0 saturated heterocycles. The average Bonchev–Trinajstić information content (AvgIpc) is 2.76. The standard InChI is InChI=1S/C26H38O5S/c1-2-3-4-5-6-7-8-9-10-11-12-14-17-22-20-24(32(28,29)30)21-25(27)26(22)31-23-18-15-13-16-19-23/h13,15-16,18-21,27H,2-12,14,17H2,1H3,(H,28,29,30). The van der Waals surface area contributed by atoms with Crippen LogP contribution in [0.4, 0.5) is 0 Å². The Morgan fingerprint density at radius 2 is 1.31 bits per heavy atom. The van der Waals surface area contributed by atoms with E-state index < -0.39 is 10.1 Å². The van der Waals surface area contributed by atoms with E-state index in [0.717, 1.165) is 25.3 Å². The number of phenols is 1. The molecule has 2 aromatic carbocycles. The van der Waals surface area contributed by atoms with Gasteiger partial charge in [-0.2, -0.15) is 8.42 Å². The second-order valence-electron chi connectivity index (χ2n) is 8.46. The highest BCUT2D eigenvalue weighted by atomic mass is 32.2. The van der Waals surface area contributed by atoms with Crippen LogP contribution in [0.5, 0.6) is 17.2 Å². The quantitative estimate of drug-likeness (QED) is 0.197. The molecule has 0 radical (unpaired) electrons. The van der Waals surface area contributed by atoms with E-state index in [1.54, 1.807) is 12.1 Å². The van der Waals surface area contributed by atoms with E-state index in [0.29, 0.717) is 17.7 Å². The molecule has 0 spiro atoms. The Balaban J connectivity index is 1.83. The zero-order chi connectivity index (χ0) is 23.2. The van der Waals surface area contributed by atoms with Gasteiger partial charge in [0.15, 0.2) is 11.5 Å². The number of rotatable bonds is 16. The molecule has 2 rings (SSSR count). The number of aryl methyl sites for hydroxylation is 1. The van der Waals surface area contributed by atoms with Crippen molar-refractivity contribution in [1.29, 1.82) is 0 Å². The minimum atomic E-state index is -4.41. The van der Waals surface area contributed by atoms with Crippen molar-refractivity contribution in [3.63, 3.8) is 0 Å². The summed E-state index contributed by atoms with van der Waals surface area (Å²) >= 11 is 0. The molecule has 178 valence electrons. The molecule has 0 fully saturated rings. The summed E-state index contributed by atoms with van der Waals surface area (Å²) in [7, 11) is -4.41. The van der Waals surface area contributed by atoms with Gasteiger partial charge in [0.1, 0.15) is 5.75 Å². The first-order valence-corrected chi connectivity index (χ1v) is 13.4. The van der Waals surface area contributed by atoms with Crippen molar-refractivity contribution in [3.05, 3.63) is 48.0 Å². The molecule has 2 N–H and O–H groups in total. The highest BCUT2D eigenvalue weighted by Gasteiger charge is 2.18. The average molecular weight is 463 g/mol. The number of unbranched alkanes of at least 4 members (excludes halogenated alkanes) is 11. The lowest BCUT2D eigenvalue weighted by atomic mass is 10.0. The Bertz CT molecular complexity index is 894. The smallest absolute Gasteiger partial charge is 0.294 e. The Hall–Kier alpha value is -2.05. The van der Waals surface area contributed by atoms with Crippen LogP contribution < -0.4 is 4.74 Å². The maximum absolute atomic E-state index is 11.6. The third-order valence-corrected chi connectivity index (χ3v) is 6.51. The lowest BCUT2D eigenvalue weighted by Gasteiger charge is -2.14. The van der Waals surface area contributed by atoms with Crippen molar-refractivity contribution < 1.29 is 22.8 Å². The lowest BCUT2D eigenvalue weighted by Crippen LogP contribution is -2.01. The predicted molar refractivity (Wildman–Crippen MR) is 129 cm³/mol. The number of hydrogen-bond acceptors (Lipinski definition) is 4. The monoisotopic (exact) mass is 462 g/mol. The van der Waals surface area contributed by atoms with Crippen molar-refractivity contribution in [2.75, 3.05) is 0 Å².